The first-order valence-electron chi connectivity index (χ1n) is 49.4. The van der Waals surface area contributed by atoms with Crippen molar-refractivity contribution in [2.45, 2.75) is 157 Å². The average molecular weight is 1900 g/mol. The minimum Gasteiger partial charge on any atom is -0.496 e. The number of benzene rings is 6. The summed E-state index contributed by atoms with van der Waals surface area (Å²) in [5.41, 5.74) is 36.2. The van der Waals surface area contributed by atoms with E-state index in [2.05, 4.69) is 367 Å². The molecule has 0 atom stereocenters. The maximum absolute atomic E-state index is 6.59. The first kappa shape index (κ1) is 94.2. The molecule has 6 N–H and O–H groups in total. The number of rotatable bonds is 14. The third-order valence-corrected chi connectivity index (χ3v) is 28.3. The molecule has 9 aromatic heterocycles. The highest BCUT2D eigenvalue weighted by atomic mass is 16.5. The summed E-state index contributed by atoms with van der Waals surface area (Å²) in [6.07, 6.45) is 25.5. The minimum atomic E-state index is -0.308. The Kier molecular flexibility index (Phi) is 23.3. The van der Waals surface area contributed by atoms with Crippen molar-refractivity contribution in [3.05, 3.63) is 296 Å². The van der Waals surface area contributed by atoms with Crippen LogP contribution in [-0.4, -0.2) is 102 Å². The minimum absolute atomic E-state index is 0.219. The zero-order valence-electron chi connectivity index (χ0n) is 86.5. The molecule has 722 valence electrons. The van der Waals surface area contributed by atoms with Crippen LogP contribution in [0.25, 0.3) is 228 Å². The monoisotopic (exact) mass is 1900 g/mol. The molecule has 6 aliphatic heterocycles. The fraction of sp³-hybridized carbons (Fsp3) is 0.238. The van der Waals surface area contributed by atoms with E-state index in [1.54, 1.807) is 42.7 Å². The van der Waals surface area contributed by atoms with Crippen LogP contribution < -0.4 is 28.4 Å². The van der Waals surface area contributed by atoms with Crippen LogP contribution in [0.4, 0.5) is 0 Å². The maximum Gasteiger partial charge on any atom is 0.130 e. The molecule has 144 heavy (non-hydrogen) atoms. The van der Waals surface area contributed by atoms with Crippen molar-refractivity contribution in [3.63, 3.8) is 0 Å². The molecule has 0 aliphatic carbocycles. The third kappa shape index (κ3) is 17.2. The number of methoxy groups -OCH3 is 6. The molecule has 0 saturated heterocycles. The smallest absolute Gasteiger partial charge is 0.130 e. The second-order valence-corrected chi connectivity index (χ2v) is 44.2. The number of hydrogen-bond acceptors (Lipinski definition) is 12. The summed E-state index contributed by atoms with van der Waals surface area (Å²) in [5, 5.41) is 0. The fourth-order valence-corrected chi connectivity index (χ4v) is 20.4. The van der Waals surface area contributed by atoms with Crippen molar-refractivity contribution < 1.29 is 28.4 Å². The Labute approximate surface area is 841 Å². The lowest BCUT2D eigenvalue weighted by molar-refractivity contribution is 0.397. The van der Waals surface area contributed by atoms with Crippen LogP contribution in [0.15, 0.2) is 194 Å². The lowest BCUT2D eigenvalue weighted by Gasteiger charge is -2.26. The number of nitrogens with zero attached hydrogens (tertiary/aromatic N) is 6. The van der Waals surface area contributed by atoms with Gasteiger partial charge >= 0.3 is 0 Å². The van der Waals surface area contributed by atoms with Gasteiger partial charge in [-0.05, 0) is 277 Å². The van der Waals surface area contributed by atoms with Gasteiger partial charge in [0, 0.05) is 122 Å². The molecule has 0 fully saturated rings. The third-order valence-electron chi connectivity index (χ3n) is 28.3. The van der Waals surface area contributed by atoms with E-state index < -0.39 is 0 Å². The predicted molar refractivity (Wildman–Crippen MR) is 599 cm³/mol. The first-order valence-corrected chi connectivity index (χ1v) is 49.4. The highest BCUT2D eigenvalue weighted by Gasteiger charge is 2.34. The van der Waals surface area contributed by atoms with Crippen LogP contribution in [0.5, 0.6) is 34.5 Å². The number of hydrogen-bond donors (Lipinski definition) is 6. The Bertz CT molecular complexity index is 8360. The molecule has 18 nitrogen and oxygen atoms in total. The molecule has 0 unspecified atom stereocenters. The molecule has 0 saturated carbocycles. The van der Waals surface area contributed by atoms with Crippen molar-refractivity contribution >= 4 is 139 Å². The number of aromatic amines is 6. The Morgan fingerprint density at radius 3 is 0.569 bits per heavy atom. The standard InChI is InChI=1S/C126H122N12O6/c1-121(2,3)72-58-69(59-73(64-72)122(4,5)6)108-82-38-34-78(127-82)67-80-36-40-88(129-80)115(118-102(139-19)28-25-29-103(118)140-20)98-54-50-94(135-98)111(90-46-42-84(108)131-90)113-92-48-44-86(133-92)110(71-62-76(125(13,14)15)66-77(63-71)126(16,17)18)87-45-49-93(134-87)114(97-53-57-101(138-97)117(100-56-52-96(113)137-100)120-106(143-23)32-27-33-107(120)144-24)112-91-47-43-85(132-91)109(70-60-74(123(7,8)9)65-75(61-70)124(10,11)12)83-39-35-79(128-83)68-81-37-41-89(130-81)116(99-55-51-95(112)136-99)119-104(141-21)30-26-31-105(119)142-22/h25-68,127,130,132-133,135,138H,1-24H3. The number of nitrogens with one attached hydrogen (secondary N) is 6. The van der Waals surface area contributed by atoms with Gasteiger partial charge in [0.25, 0.3) is 0 Å². The zero-order valence-corrected chi connectivity index (χ0v) is 86.5. The topological polar surface area (TPSA) is 227 Å². The SMILES string of the molecule is COc1cccc(OC)c1-c1c2nc(c(-c3c4nc(c(-c5cc(C(C)(C)C)cc(C(C)(C)C)c5)c5ccc([nH]5)c(-c5c6nc(c(-c7cc(C(C)(C)C)cc(C(C)(C)C)c7)c7ccc(cc8nc(c(-c9c(OC)cccc9OC)c9ccc5[nH]9)C=C8)[nH]7)C=C6)c5nc(c(-c6c(OC)cccc6OC)c6ccc3[nH]6)C=C5)C=C4)c3ccc([nH]3)c(-c3cc(C(C)(C)C)cc(C(C)(C)C)c3)c3nc(cc4ccc1[nH]4)C=C3)C=C2. The average Bonchev–Trinajstić information content (AvgIpc) is 1.59. The largest absolute Gasteiger partial charge is 0.496 e. The van der Waals surface area contributed by atoms with Gasteiger partial charge in [0.2, 0.25) is 0 Å². The molecule has 18 heteroatoms. The zero-order chi connectivity index (χ0) is 101. The van der Waals surface area contributed by atoms with E-state index in [1.165, 1.54) is 22.3 Å². The first-order chi connectivity index (χ1) is 68.8. The summed E-state index contributed by atoms with van der Waals surface area (Å²) in [6, 6.07) is 69.0. The van der Waals surface area contributed by atoms with E-state index in [9.17, 15) is 0 Å². The summed E-state index contributed by atoms with van der Waals surface area (Å²) in [5.74, 6) is 3.50. The van der Waals surface area contributed by atoms with Crippen molar-refractivity contribution in [2.75, 3.05) is 42.7 Å². The van der Waals surface area contributed by atoms with Crippen LogP contribution in [-0.2, 0) is 32.5 Å². The molecule has 6 aromatic carbocycles. The second-order valence-electron chi connectivity index (χ2n) is 44.2. The van der Waals surface area contributed by atoms with Crippen LogP contribution in [0.3, 0.4) is 0 Å². The summed E-state index contributed by atoms with van der Waals surface area (Å²) in [6.45, 7) is 41.2. The number of fused-ring (bicyclic) bond motifs is 24. The van der Waals surface area contributed by atoms with Gasteiger partial charge in [0.15, 0.2) is 0 Å². The van der Waals surface area contributed by atoms with Gasteiger partial charge in [0.05, 0.1) is 128 Å². The van der Waals surface area contributed by atoms with Gasteiger partial charge in [-0.1, -0.05) is 197 Å². The van der Waals surface area contributed by atoms with Gasteiger partial charge in [-0.2, -0.15) is 0 Å². The van der Waals surface area contributed by atoms with E-state index in [-0.39, 0.29) is 32.5 Å². The highest BCUT2D eigenvalue weighted by Crippen LogP contribution is 2.52. The van der Waals surface area contributed by atoms with Gasteiger partial charge in [-0.15, -0.1) is 0 Å². The Balaban J connectivity index is 0.964. The molecule has 6 aliphatic rings. The number of ether oxygens (including phenoxy) is 6. The Morgan fingerprint density at radius 2 is 0.347 bits per heavy atom. The van der Waals surface area contributed by atoms with Crippen molar-refractivity contribution in [3.8, 4) is 124 Å². The van der Waals surface area contributed by atoms with E-state index in [1.807, 2.05) is 54.6 Å². The van der Waals surface area contributed by atoms with Gasteiger partial charge in [-0.3, -0.25) is 0 Å². The maximum atomic E-state index is 6.59. The molecule has 0 amide bonds. The molecular weight excluding hydrogens is 1780 g/mol. The number of aromatic nitrogens is 12. The Hall–Kier alpha value is -16.1. The quantitative estimate of drug-likeness (QED) is 0.0598. The van der Waals surface area contributed by atoms with Crippen LogP contribution in [0.1, 0.15) is 226 Å². The van der Waals surface area contributed by atoms with Crippen molar-refractivity contribution in [1.82, 2.24) is 59.8 Å². The van der Waals surface area contributed by atoms with Gasteiger partial charge in [0.1, 0.15) is 34.5 Å². The van der Waals surface area contributed by atoms with E-state index >= 15 is 0 Å². The summed E-state index contributed by atoms with van der Waals surface area (Å²) < 4.78 is 38.6. The van der Waals surface area contributed by atoms with E-state index in [4.69, 9.17) is 58.3 Å². The Morgan fingerprint density at radius 1 is 0.174 bits per heavy atom. The summed E-state index contributed by atoms with van der Waals surface area (Å²) in [4.78, 5) is 60.0. The highest BCUT2D eigenvalue weighted by molar-refractivity contribution is 6.10. The lowest BCUT2D eigenvalue weighted by atomic mass is 9.78. The summed E-state index contributed by atoms with van der Waals surface area (Å²) >= 11 is 0. The van der Waals surface area contributed by atoms with Crippen LogP contribution >= 0.6 is 0 Å². The van der Waals surface area contributed by atoms with Crippen molar-refractivity contribution in [1.29, 1.82) is 0 Å². The normalized spacial score (nSPS) is 13.1. The van der Waals surface area contributed by atoms with Gasteiger partial charge < -0.3 is 58.3 Å². The molecular formula is C126H122N12O6. The number of H-pyrrole nitrogens is 6. The fourth-order valence-electron chi connectivity index (χ4n) is 20.4. The molecule has 0 spiro atoms. The summed E-state index contributed by atoms with van der Waals surface area (Å²) in [7, 11) is 10.2. The van der Waals surface area contributed by atoms with Crippen molar-refractivity contribution in [2.24, 2.45) is 0 Å². The van der Waals surface area contributed by atoms with Gasteiger partial charge in [-0.25, -0.2) is 29.9 Å². The predicted octanol–water partition coefficient (Wildman–Crippen LogP) is 31.8. The molecule has 15 heterocycles. The van der Waals surface area contributed by atoms with E-state index in [0.29, 0.717) is 113 Å². The van der Waals surface area contributed by atoms with Crippen LogP contribution in [0.2, 0.25) is 0 Å². The van der Waals surface area contributed by atoms with E-state index in [0.717, 1.165) is 156 Å². The second kappa shape index (κ2) is 35.6. The lowest BCUT2D eigenvalue weighted by Crippen LogP contribution is -2.16. The molecule has 0 radical (unpaired) electrons. The molecule has 21 rings (SSSR count). The van der Waals surface area contributed by atoms with Crippen LogP contribution in [0, 0.1) is 0 Å². The molecule has 24 bridgehead atoms. The molecule has 15 aromatic rings.